The van der Waals surface area contributed by atoms with E-state index in [0.29, 0.717) is 18.9 Å². The van der Waals surface area contributed by atoms with Gasteiger partial charge in [0.15, 0.2) is 0 Å². The smallest absolute Gasteiger partial charge is 0.305 e. The number of nitrogens with zero attached hydrogens (tertiary/aromatic N) is 2. The molecular formula is C14H22N2O3. The van der Waals surface area contributed by atoms with E-state index in [4.69, 9.17) is 0 Å². The summed E-state index contributed by atoms with van der Waals surface area (Å²) in [7, 11) is 1.33. The minimum Gasteiger partial charge on any atom is -0.469 e. The van der Waals surface area contributed by atoms with Crippen LogP contribution in [-0.4, -0.2) is 28.6 Å². The Morgan fingerprint density at radius 1 is 1.37 bits per heavy atom. The van der Waals surface area contributed by atoms with Crippen LogP contribution in [0.3, 0.4) is 0 Å². The molecule has 0 aliphatic carbocycles. The van der Waals surface area contributed by atoms with Crippen molar-refractivity contribution in [1.82, 2.24) is 9.78 Å². The fourth-order valence-corrected chi connectivity index (χ4v) is 1.68. The van der Waals surface area contributed by atoms with Crippen molar-refractivity contribution in [2.24, 2.45) is 0 Å². The van der Waals surface area contributed by atoms with Crippen molar-refractivity contribution in [3.05, 3.63) is 18.0 Å². The molecule has 1 atom stereocenters. The van der Waals surface area contributed by atoms with Gasteiger partial charge in [-0.2, -0.15) is 5.10 Å². The molecule has 0 saturated carbocycles. The molecule has 5 heteroatoms. The summed E-state index contributed by atoms with van der Waals surface area (Å²) in [5.41, 5.74) is 0.923. The predicted molar refractivity (Wildman–Crippen MR) is 71.8 cm³/mol. The van der Waals surface area contributed by atoms with Crippen LogP contribution in [0.4, 0.5) is 0 Å². The van der Waals surface area contributed by atoms with Crippen LogP contribution in [0.2, 0.25) is 0 Å². The Labute approximate surface area is 113 Å². The van der Waals surface area contributed by atoms with Gasteiger partial charge < -0.3 is 4.74 Å². The van der Waals surface area contributed by atoms with Gasteiger partial charge in [-0.1, -0.05) is 6.92 Å². The lowest BCUT2D eigenvalue weighted by atomic mass is 10.1. The Kier molecular flexibility index (Phi) is 6.25. The highest BCUT2D eigenvalue weighted by Crippen LogP contribution is 2.10. The Morgan fingerprint density at radius 2 is 2.11 bits per heavy atom. The summed E-state index contributed by atoms with van der Waals surface area (Å²) < 4.78 is 6.42. The Hall–Kier alpha value is -1.65. The summed E-state index contributed by atoms with van der Waals surface area (Å²) in [5.74, 6) is -0.266. The Morgan fingerprint density at radius 3 is 2.74 bits per heavy atom. The Bertz CT molecular complexity index is 426. The molecule has 0 aliphatic rings. The molecule has 0 radical (unpaired) electrons. The largest absolute Gasteiger partial charge is 0.469 e. The molecule has 0 saturated heterocycles. The van der Waals surface area contributed by atoms with E-state index in [2.05, 4.69) is 23.7 Å². The minimum absolute atomic E-state index is 0.0727. The zero-order chi connectivity index (χ0) is 14.3. The second-order valence-corrected chi connectivity index (χ2v) is 4.66. The lowest BCUT2D eigenvalue weighted by Crippen LogP contribution is -2.07. The molecule has 0 aliphatic heterocycles. The summed E-state index contributed by atoms with van der Waals surface area (Å²) in [5, 5.41) is 4.44. The van der Waals surface area contributed by atoms with Crippen LogP contribution in [0, 0.1) is 0 Å². The number of carbonyl (C=O) groups is 2. The maximum Gasteiger partial charge on any atom is 0.305 e. The first-order chi connectivity index (χ1) is 9.06. The minimum atomic E-state index is -0.339. The van der Waals surface area contributed by atoms with Gasteiger partial charge in [-0.05, 0) is 25.8 Å². The lowest BCUT2D eigenvalue weighted by Gasteiger charge is -2.08. The molecule has 106 valence electrons. The number of aromatic nitrogens is 2. The second-order valence-electron chi connectivity index (χ2n) is 4.66. The van der Waals surface area contributed by atoms with Gasteiger partial charge >= 0.3 is 5.97 Å². The molecule has 1 rings (SSSR count). The zero-order valence-electron chi connectivity index (χ0n) is 11.9. The van der Waals surface area contributed by atoms with Gasteiger partial charge in [-0.15, -0.1) is 0 Å². The van der Waals surface area contributed by atoms with Gasteiger partial charge in [-0.3, -0.25) is 14.3 Å². The van der Waals surface area contributed by atoms with Crippen molar-refractivity contribution < 1.29 is 14.3 Å². The van der Waals surface area contributed by atoms with Gasteiger partial charge in [0.05, 0.1) is 19.2 Å². The van der Waals surface area contributed by atoms with Gasteiger partial charge in [0.25, 0.3) is 0 Å². The molecule has 0 spiro atoms. The summed E-state index contributed by atoms with van der Waals surface area (Å²) >= 11 is 0. The topological polar surface area (TPSA) is 61.2 Å². The van der Waals surface area contributed by atoms with E-state index in [-0.39, 0.29) is 24.6 Å². The number of rotatable bonds is 8. The molecule has 1 aromatic heterocycles. The molecule has 0 fully saturated rings. The second kappa shape index (κ2) is 7.71. The van der Waals surface area contributed by atoms with Gasteiger partial charge in [-0.25, -0.2) is 0 Å². The first-order valence-electron chi connectivity index (χ1n) is 6.69. The number of methoxy groups -OCH3 is 1. The van der Waals surface area contributed by atoms with Crippen LogP contribution in [0.1, 0.15) is 51.3 Å². The predicted octanol–water partition coefficient (Wildman–Crippen LogP) is 2.31. The highest BCUT2D eigenvalue weighted by Gasteiger charge is 2.09. The van der Waals surface area contributed by atoms with Crippen LogP contribution in [0.5, 0.6) is 0 Å². The van der Waals surface area contributed by atoms with Gasteiger partial charge in [0, 0.05) is 25.1 Å². The number of Topliss-reactive ketones (excluding diaryl/α,β-unsaturated/α-hetero) is 1. The third kappa shape index (κ3) is 5.24. The van der Waals surface area contributed by atoms with Crippen molar-refractivity contribution >= 4 is 11.8 Å². The van der Waals surface area contributed by atoms with Crippen molar-refractivity contribution in [2.75, 3.05) is 7.11 Å². The molecule has 0 N–H and O–H groups in total. The first-order valence-corrected chi connectivity index (χ1v) is 6.69. The van der Waals surface area contributed by atoms with E-state index in [1.807, 2.05) is 16.9 Å². The molecule has 1 unspecified atom stereocenters. The van der Waals surface area contributed by atoms with Crippen LogP contribution in [0.25, 0.3) is 0 Å². The third-order valence-electron chi connectivity index (χ3n) is 3.20. The standard InChI is InChI=1S/C14H22N2O3/c1-4-11(2)16-10-9-12(15-16)5-6-13(17)7-8-14(18)19-3/h9-11H,4-8H2,1-3H3. The fraction of sp³-hybridized carbons (Fsp3) is 0.643. The van der Waals surface area contributed by atoms with Crippen molar-refractivity contribution in [2.45, 2.75) is 52.0 Å². The number of esters is 1. The highest BCUT2D eigenvalue weighted by atomic mass is 16.5. The highest BCUT2D eigenvalue weighted by molar-refractivity contribution is 5.82. The number of aryl methyl sites for hydroxylation is 1. The number of ketones is 1. The van der Waals surface area contributed by atoms with E-state index >= 15 is 0 Å². The normalized spacial score (nSPS) is 12.2. The lowest BCUT2D eigenvalue weighted by molar-refractivity contribution is -0.141. The van der Waals surface area contributed by atoms with E-state index in [1.54, 1.807) is 0 Å². The zero-order valence-corrected chi connectivity index (χ0v) is 11.9. The summed E-state index contributed by atoms with van der Waals surface area (Å²) in [6, 6.07) is 2.32. The SMILES string of the molecule is CCC(C)n1ccc(CCC(=O)CCC(=O)OC)n1. The molecular weight excluding hydrogens is 244 g/mol. The van der Waals surface area contributed by atoms with Crippen LogP contribution in [-0.2, 0) is 20.7 Å². The summed E-state index contributed by atoms with van der Waals surface area (Å²) in [4.78, 5) is 22.5. The van der Waals surface area contributed by atoms with Crippen LogP contribution < -0.4 is 0 Å². The molecule has 0 aromatic carbocycles. The molecule has 0 bridgehead atoms. The number of hydrogen-bond acceptors (Lipinski definition) is 4. The first kappa shape index (κ1) is 15.4. The van der Waals surface area contributed by atoms with Crippen LogP contribution >= 0.6 is 0 Å². The Balaban J connectivity index is 2.34. The number of carbonyl (C=O) groups excluding carboxylic acids is 2. The molecule has 19 heavy (non-hydrogen) atoms. The van der Waals surface area contributed by atoms with E-state index in [1.165, 1.54) is 7.11 Å². The van der Waals surface area contributed by atoms with E-state index in [9.17, 15) is 9.59 Å². The average molecular weight is 266 g/mol. The summed E-state index contributed by atoms with van der Waals surface area (Å²) in [6.45, 7) is 4.22. The van der Waals surface area contributed by atoms with Gasteiger partial charge in [0.2, 0.25) is 0 Å². The quantitative estimate of drug-likeness (QED) is 0.677. The third-order valence-corrected chi connectivity index (χ3v) is 3.20. The molecule has 0 amide bonds. The van der Waals surface area contributed by atoms with E-state index < -0.39 is 0 Å². The van der Waals surface area contributed by atoms with Gasteiger partial charge in [0.1, 0.15) is 5.78 Å². The van der Waals surface area contributed by atoms with Crippen molar-refractivity contribution in [3.8, 4) is 0 Å². The molecule has 1 aromatic rings. The van der Waals surface area contributed by atoms with Crippen LogP contribution in [0.15, 0.2) is 12.3 Å². The molecule has 5 nitrogen and oxygen atoms in total. The fourth-order valence-electron chi connectivity index (χ4n) is 1.68. The summed E-state index contributed by atoms with van der Waals surface area (Å²) in [6.07, 6.45) is 4.44. The van der Waals surface area contributed by atoms with Crippen molar-refractivity contribution in [1.29, 1.82) is 0 Å². The number of ether oxygens (including phenoxy) is 1. The number of hydrogen-bond donors (Lipinski definition) is 0. The monoisotopic (exact) mass is 266 g/mol. The maximum absolute atomic E-state index is 11.6. The van der Waals surface area contributed by atoms with E-state index in [0.717, 1.165) is 12.1 Å². The van der Waals surface area contributed by atoms with Crippen molar-refractivity contribution in [3.63, 3.8) is 0 Å². The maximum atomic E-state index is 11.6. The molecule has 1 heterocycles. The average Bonchev–Trinajstić information content (AvgIpc) is 2.90.